The fourth-order valence-electron chi connectivity index (χ4n) is 3.15. The highest BCUT2D eigenvalue weighted by atomic mass is 16.1. The molecule has 1 amide bonds. The second-order valence-electron chi connectivity index (χ2n) is 6.22. The van der Waals surface area contributed by atoms with Gasteiger partial charge in [-0.2, -0.15) is 0 Å². The van der Waals surface area contributed by atoms with Crippen LogP contribution in [-0.4, -0.2) is 52.0 Å². The first-order chi connectivity index (χ1) is 12.7. The summed E-state index contributed by atoms with van der Waals surface area (Å²) in [6.45, 7) is 5.29. The lowest BCUT2D eigenvalue weighted by Gasteiger charge is -2.36. The molecule has 1 fully saturated rings. The molecular weight excluding hydrogens is 330 g/mol. The molecule has 26 heavy (non-hydrogen) atoms. The molecule has 0 aromatic carbocycles. The number of nitrogens with one attached hydrogen (secondary N) is 2. The van der Waals surface area contributed by atoms with Gasteiger partial charge in [0.1, 0.15) is 23.6 Å². The maximum atomic E-state index is 11.4. The number of anilines is 3. The number of pyridine rings is 1. The van der Waals surface area contributed by atoms with Gasteiger partial charge in [-0.25, -0.2) is 15.0 Å². The standard InChI is InChI=1S/C18H21N7O/c1-2-16(26)23-13-3-4-15(20-11-13)24-7-9-25(10-8-24)18-14-5-6-19-17(14)21-12-22-18/h3-6,11-12H,2,7-10H2,1H3,(H,23,26)(H,19,21,22). The molecule has 0 atom stereocenters. The molecule has 0 radical (unpaired) electrons. The van der Waals surface area contributed by atoms with Crippen molar-refractivity contribution in [1.82, 2.24) is 19.9 Å². The zero-order valence-corrected chi connectivity index (χ0v) is 14.6. The van der Waals surface area contributed by atoms with E-state index in [9.17, 15) is 4.79 Å². The molecule has 8 nitrogen and oxygen atoms in total. The number of hydrogen-bond donors (Lipinski definition) is 2. The Morgan fingerprint density at radius 2 is 1.92 bits per heavy atom. The van der Waals surface area contributed by atoms with Gasteiger partial charge >= 0.3 is 0 Å². The number of amides is 1. The monoisotopic (exact) mass is 351 g/mol. The number of carbonyl (C=O) groups excluding carboxylic acids is 1. The van der Waals surface area contributed by atoms with Crippen LogP contribution in [-0.2, 0) is 4.79 Å². The van der Waals surface area contributed by atoms with Crippen LogP contribution in [0.15, 0.2) is 36.9 Å². The molecule has 1 aliphatic rings. The molecule has 134 valence electrons. The first kappa shape index (κ1) is 16.3. The molecule has 4 rings (SSSR count). The van der Waals surface area contributed by atoms with Gasteiger partial charge in [0.05, 0.1) is 17.3 Å². The number of aromatic nitrogens is 4. The highest BCUT2D eigenvalue weighted by Gasteiger charge is 2.21. The van der Waals surface area contributed by atoms with Crippen LogP contribution in [0, 0.1) is 0 Å². The SMILES string of the molecule is CCC(=O)Nc1ccc(N2CCN(c3ncnc4[nH]ccc34)CC2)nc1. The topological polar surface area (TPSA) is 90.0 Å². The number of H-pyrrole nitrogens is 1. The van der Waals surface area contributed by atoms with E-state index in [0.717, 1.165) is 54.5 Å². The van der Waals surface area contributed by atoms with Crippen LogP contribution in [0.5, 0.6) is 0 Å². The molecule has 1 aliphatic heterocycles. The van der Waals surface area contributed by atoms with Crippen LogP contribution in [0.2, 0.25) is 0 Å². The summed E-state index contributed by atoms with van der Waals surface area (Å²) in [5.41, 5.74) is 1.60. The number of fused-ring (bicyclic) bond motifs is 1. The van der Waals surface area contributed by atoms with Crippen molar-refractivity contribution in [2.45, 2.75) is 13.3 Å². The second-order valence-corrected chi connectivity index (χ2v) is 6.22. The summed E-state index contributed by atoms with van der Waals surface area (Å²) in [5.74, 6) is 1.89. The molecule has 0 unspecified atom stereocenters. The smallest absolute Gasteiger partial charge is 0.224 e. The van der Waals surface area contributed by atoms with Crippen molar-refractivity contribution in [3.8, 4) is 0 Å². The third-order valence-electron chi connectivity index (χ3n) is 4.59. The lowest BCUT2D eigenvalue weighted by Crippen LogP contribution is -2.47. The number of nitrogens with zero attached hydrogens (tertiary/aromatic N) is 5. The van der Waals surface area contributed by atoms with Gasteiger partial charge in [0.15, 0.2) is 0 Å². The average molecular weight is 351 g/mol. The van der Waals surface area contributed by atoms with Gasteiger partial charge in [0, 0.05) is 38.8 Å². The van der Waals surface area contributed by atoms with Crippen LogP contribution in [0.3, 0.4) is 0 Å². The quantitative estimate of drug-likeness (QED) is 0.747. The molecule has 4 heterocycles. The van der Waals surface area contributed by atoms with E-state index in [0.29, 0.717) is 6.42 Å². The van der Waals surface area contributed by atoms with Gasteiger partial charge in [-0.3, -0.25) is 4.79 Å². The Labute approximate surface area is 151 Å². The van der Waals surface area contributed by atoms with E-state index in [2.05, 4.69) is 35.1 Å². The highest BCUT2D eigenvalue weighted by molar-refractivity contribution is 5.90. The van der Waals surface area contributed by atoms with Gasteiger partial charge in [0.2, 0.25) is 5.91 Å². The van der Waals surface area contributed by atoms with Crippen LogP contribution in [0.1, 0.15) is 13.3 Å². The lowest BCUT2D eigenvalue weighted by molar-refractivity contribution is -0.115. The molecule has 0 aliphatic carbocycles. The van der Waals surface area contributed by atoms with Crippen molar-refractivity contribution >= 4 is 34.3 Å². The molecule has 8 heteroatoms. The Bertz CT molecular complexity index is 897. The van der Waals surface area contributed by atoms with Crippen LogP contribution in [0.4, 0.5) is 17.3 Å². The van der Waals surface area contributed by atoms with E-state index >= 15 is 0 Å². The Morgan fingerprint density at radius 3 is 2.65 bits per heavy atom. The first-order valence-corrected chi connectivity index (χ1v) is 8.78. The molecule has 0 bridgehead atoms. The third kappa shape index (κ3) is 3.17. The van der Waals surface area contributed by atoms with E-state index in [-0.39, 0.29) is 5.91 Å². The van der Waals surface area contributed by atoms with Crippen molar-refractivity contribution in [2.24, 2.45) is 0 Å². The summed E-state index contributed by atoms with van der Waals surface area (Å²) in [7, 11) is 0. The van der Waals surface area contributed by atoms with Crippen molar-refractivity contribution in [1.29, 1.82) is 0 Å². The van der Waals surface area contributed by atoms with Crippen molar-refractivity contribution < 1.29 is 4.79 Å². The van der Waals surface area contributed by atoms with Crippen LogP contribution in [0.25, 0.3) is 11.0 Å². The lowest BCUT2D eigenvalue weighted by atomic mass is 10.2. The summed E-state index contributed by atoms with van der Waals surface area (Å²) < 4.78 is 0. The van der Waals surface area contributed by atoms with E-state index in [1.807, 2.05) is 31.3 Å². The molecule has 0 spiro atoms. The number of rotatable bonds is 4. The average Bonchev–Trinajstić information content (AvgIpc) is 3.17. The largest absolute Gasteiger partial charge is 0.353 e. The Morgan fingerprint density at radius 1 is 1.12 bits per heavy atom. The summed E-state index contributed by atoms with van der Waals surface area (Å²) in [4.78, 5) is 32.3. The van der Waals surface area contributed by atoms with E-state index in [1.54, 1.807) is 12.5 Å². The van der Waals surface area contributed by atoms with Gasteiger partial charge in [-0.1, -0.05) is 6.92 Å². The number of aromatic amines is 1. The maximum absolute atomic E-state index is 11.4. The Hall–Kier alpha value is -3.16. The van der Waals surface area contributed by atoms with Gasteiger partial charge < -0.3 is 20.1 Å². The van der Waals surface area contributed by atoms with Crippen LogP contribution >= 0.6 is 0 Å². The minimum atomic E-state index is -0.00548. The summed E-state index contributed by atoms with van der Waals surface area (Å²) >= 11 is 0. The minimum absolute atomic E-state index is 0.00548. The maximum Gasteiger partial charge on any atom is 0.224 e. The predicted octanol–water partition coefficient (Wildman–Crippen LogP) is 2.03. The molecule has 0 saturated carbocycles. The van der Waals surface area contributed by atoms with E-state index < -0.39 is 0 Å². The molecule has 3 aromatic rings. The summed E-state index contributed by atoms with van der Waals surface area (Å²) in [6, 6.07) is 5.87. The fourth-order valence-corrected chi connectivity index (χ4v) is 3.15. The zero-order chi connectivity index (χ0) is 17.9. The molecule has 2 N–H and O–H groups in total. The highest BCUT2D eigenvalue weighted by Crippen LogP contribution is 2.24. The third-order valence-corrected chi connectivity index (χ3v) is 4.59. The molecular formula is C18H21N7O. The summed E-state index contributed by atoms with van der Waals surface area (Å²) in [5, 5.41) is 3.87. The first-order valence-electron chi connectivity index (χ1n) is 8.78. The normalized spacial score (nSPS) is 14.7. The van der Waals surface area contributed by atoms with Crippen LogP contribution < -0.4 is 15.1 Å². The Balaban J connectivity index is 1.42. The number of hydrogen-bond acceptors (Lipinski definition) is 6. The Kier molecular flexibility index (Phi) is 4.39. The van der Waals surface area contributed by atoms with Gasteiger partial charge in [0.25, 0.3) is 0 Å². The zero-order valence-electron chi connectivity index (χ0n) is 14.6. The number of piperazine rings is 1. The van der Waals surface area contributed by atoms with E-state index in [4.69, 9.17) is 0 Å². The van der Waals surface area contributed by atoms with Gasteiger partial charge in [-0.15, -0.1) is 0 Å². The van der Waals surface area contributed by atoms with Crippen molar-refractivity contribution in [3.63, 3.8) is 0 Å². The van der Waals surface area contributed by atoms with Gasteiger partial charge in [-0.05, 0) is 18.2 Å². The second kappa shape index (κ2) is 6.99. The van der Waals surface area contributed by atoms with Crippen molar-refractivity contribution in [2.75, 3.05) is 41.3 Å². The van der Waals surface area contributed by atoms with Crippen molar-refractivity contribution in [3.05, 3.63) is 36.9 Å². The summed E-state index contributed by atoms with van der Waals surface area (Å²) in [6.07, 6.45) is 5.66. The molecule has 1 saturated heterocycles. The fraction of sp³-hybridized carbons (Fsp3) is 0.333. The number of carbonyl (C=O) groups is 1. The molecule has 3 aromatic heterocycles. The van der Waals surface area contributed by atoms with E-state index in [1.165, 1.54) is 0 Å². The predicted molar refractivity (Wildman–Crippen MR) is 101 cm³/mol. The minimum Gasteiger partial charge on any atom is -0.353 e.